The number of carbonyl (C=O) groups is 1. The minimum absolute atomic E-state index is 0.315. The van der Waals surface area contributed by atoms with Crippen LogP contribution in [-0.2, 0) is 16.6 Å². The monoisotopic (exact) mass is 240 g/mol. The fourth-order valence-electron chi connectivity index (χ4n) is 2.12. The van der Waals surface area contributed by atoms with Gasteiger partial charge in [0.15, 0.2) is 12.0 Å². The van der Waals surface area contributed by atoms with Gasteiger partial charge in [0.05, 0.1) is 5.75 Å². The lowest BCUT2D eigenvalue weighted by atomic mass is 10.0. The van der Waals surface area contributed by atoms with Crippen LogP contribution in [0.15, 0.2) is 16.5 Å². The molecule has 4 heteroatoms. The summed E-state index contributed by atoms with van der Waals surface area (Å²) < 4.78 is 17.3. The molecule has 88 valence electrons. The molecule has 1 aromatic heterocycles. The third kappa shape index (κ3) is 2.82. The van der Waals surface area contributed by atoms with Crippen molar-refractivity contribution < 1.29 is 13.4 Å². The number of rotatable bonds is 4. The van der Waals surface area contributed by atoms with Crippen molar-refractivity contribution in [1.82, 2.24) is 0 Å². The van der Waals surface area contributed by atoms with Crippen molar-refractivity contribution in [1.29, 1.82) is 0 Å². The van der Waals surface area contributed by atoms with Crippen molar-refractivity contribution in [3.05, 3.63) is 23.7 Å². The zero-order valence-corrected chi connectivity index (χ0v) is 10.0. The van der Waals surface area contributed by atoms with Gasteiger partial charge in [-0.1, -0.05) is 19.3 Å². The van der Waals surface area contributed by atoms with Gasteiger partial charge in [0.1, 0.15) is 5.76 Å². The lowest BCUT2D eigenvalue weighted by molar-refractivity contribution is 0.109. The van der Waals surface area contributed by atoms with Crippen LogP contribution in [0.25, 0.3) is 0 Å². The zero-order valence-electron chi connectivity index (χ0n) is 9.19. The van der Waals surface area contributed by atoms with Crippen molar-refractivity contribution in [3.63, 3.8) is 0 Å². The molecule has 1 heterocycles. The van der Waals surface area contributed by atoms with E-state index < -0.39 is 10.8 Å². The Kier molecular flexibility index (Phi) is 3.93. The van der Waals surface area contributed by atoms with Crippen LogP contribution in [0.1, 0.15) is 48.4 Å². The molecular weight excluding hydrogens is 224 g/mol. The van der Waals surface area contributed by atoms with Gasteiger partial charge in [-0.05, 0) is 25.0 Å². The Hall–Kier alpha value is -0.900. The molecule has 0 bridgehead atoms. The Labute approximate surface area is 97.7 Å². The van der Waals surface area contributed by atoms with Gasteiger partial charge in [-0.15, -0.1) is 0 Å². The lowest BCUT2D eigenvalue weighted by Gasteiger charge is -2.20. The van der Waals surface area contributed by atoms with Crippen LogP contribution >= 0.6 is 0 Å². The summed E-state index contributed by atoms with van der Waals surface area (Å²) in [6, 6.07) is 3.37. The van der Waals surface area contributed by atoms with Gasteiger partial charge in [0.2, 0.25) is 0 Å². The highest BCUT2D eigenvalue weighted by atomic mass is 32.2. The number of aldehydes is 1. The predicted molar refractivity (Wildman–Crippen MR) is 62.8 cm³/mol. The SMILES string of the molecule is O=Cc1ccc(CS(=O)C2CCCCC2)o1. The summed E-state index contributed by atoms with van der Waals surface area (Å²) in [5, 5.41) is 0.318. The normalized spacial score (nSPS) is 19.5. The summed E-state index contributed by atoms with van der Waals surface area (Å²) in [4.78, 5) is 10.4. The van der Waals surface area contributed by atoms with Gasteiger partial charge in [-0.2, -0.15) is 0 Å². The molecule has 1 aliphatic rings. The van der Waals surface area contributed by atoms with Gasteiger partial charge in [0, 0.05) is 16.0 Å². The van der Waals surface area contributed by atoms with E-state index in [1.165, 1.54) is 19.3 Å². The molecule has 0 N–H and O–H groups in total. The summed E-state index contributed by atoms with van der Waals surface area (Å²) >= 11 is 0. The third-order valence-electron chi connectivity index (χ3n) is 3.01. The highest BCUT2D eigenvalue weighted by Crippen LogP contribution is 2.24. The number of hydrogen-bond donors (Lipinski definition) is 0. The highest BCUT2D eigenvalue weighted by Gasteiger charge is 2.20. The molecule has 1 saturated carbocycles. The van der Waals surface area contributed by atoms with Crippen LogP contribution < -0.4 is 0 Å². The quantitative estimate of drug-likeness (QED) is 0.760. The molecule has 1 unspecified atom stereocenters. The Morgan fingerprint density at radius 1 is 1.31 bits per heavy atom. The minimum Gasteiger partial charge on any atom is -0.457 e. The summed E-state index contributed by atoms with van der Waals surface area (Å²) in [6.07, 6.45) is 6.45. The largest absolute Gasteiger partial charge is 0.457 e. The van der Waals surface area contributed by atoms with Crippen LogP contribution in [0.2, 0.25) is 0 Å². The number of hydrogen-bond acceptors (Lipinski definition) is 3. The number of carbonyl (C=O) groups excluding carboxylic acids is 1. The second-order valence-corrected chi connectivity index (χ2v) is 5.92. The average molecular weight is 240 g/mol. The summed E-state index contributed by atoms with van der Waals surface area (Å²) in [5.74, 6) is 1.42. The van der Waals surface area contributed by atoms with Crippen molar-refractivity contribution in [2.75, 3.05) is 0 Å². The van der Waals surface area contributed by atoms with E-state index in [0.717, 1.165) is 12.8 Å². The van der Waals surface area contributed by atoms with Crippen molar-refractivity contribution in [2.45, 2.75) is 43.1 Å². The molecular formula is C12H16O3S. The smallest absolute Gasteiger partial charge is 0.185 e. The molecule has 16 heavy (non-hydrogen) atoms. The van der Waals surface area contributed by atoms with Gasteiger partial charge >= 0.3 is 0 Å². The number of furan rings is 1. The Morgan fingerprint density at radius 2 is 2.06 bits per heavy atom. The van der Waals surface area contributed by atoms with E-state index in [2.05, 4.69) is 0 Å². The zero-order chi connectivity index (χ0) is 11.4. The fourth-order valence-corrected chi connectivity index (χ4v) is 3.65. The van der Waals surface area contributed by atoms with Crippen molar-refractivity contribution in [2.24, 2.45) is 0 Å². The lowest BCUT2D eigenvalue weighted by Crippen LogP contribution is -2.19. The molecule has 0 aromatic carbocycles. The molecule has 1 fully saturated rings. The summed E-state index contributed by atoms with van der Waals surface area (Å²) in [5.41, 5.74) is 0. The van der Waals surface area contributed by atoms with Crippen molar-refractivity contribution >= 4 is 17.1 Å². The van der Waals surface area contributed by atoms with Crippen LogP contribution in [0.5, 0.6) is 0 Å². The second kappa shape index (κ2) is 5.43. The Balaban J connectivity index is 1.92. The highest BCUT2D eigenvalue weighted by molar-refractivity contribution is 7.84. The first-order chi connectivity index (χ1) is 7.79. The maximum absolute atomic E-state index is 12.0. The van der Waals surface area contributed by atoms with Crippen LogP contribution in [0.3, 0.4) is 0 Å². The third-order valence-corrected chi connectivity index (χ3v) is 4.79. The summed E-state index contributed by atoms with van der Waals surface area (Å²) in [6.45, 7) is 0. The molecule has 1 aliphatic carbocycles. The molecule has 0 spiro atoms. The first-order valence-corrected chi connectivity index (χ1v) is 7.09. The molecule has 3 nitrogen and oxygen atoms in total. The van der Waals surface area contributed by atoms with Gasteiger partial charge in [-0.25, -0.2) is 0 Å². The Bertz CT molecular complexity index is 377. The van der Waals surface area contributed by atoms with E-state index >= 15 is 0 Å². The van der Waals surface area contributed by atoms with E-state index in [4.69, 9.17) is 4.42 Å². The maximum Gasteiger partial charge on any atom is 0.185 e. The van der Waals surface area contributed by atoms with Gasteiger partial charge in [-0.3, -0.25) is 9.00 Å². The summed E-state index contributed by atoms with van der Waals surface area (Å²) in [7, 11) is -0.856. The standard InChI is InChI=1S/C12H16O3S/c13-8-10-6-7-11(15-10)9-16(14)12-4-2-1-3-5-12/h6-8,12H,1-5,9H2. The Morgan fingerprint density at radius 3 is 2.69 bits per heavy atom. The molecule has 0 radical (unpaired) electrons. The first-order valence-electron chi connectivity index (χ1n) is 5.70. The second-order valence-electron chi connectivity index (χ2n) is 4.21. The average Bonchev–Trinajstić information content (AvgIpc) is 2.78. The fraction of sp³-hybridized carbons (Fsp3) is 0.583. The molecule has 0 saturated heterocycles. The topological polar surface area (TPSA) is 47.3 Å². The van der Waals surface area contributed by atoms with E-state index in [0.29, 0.717) is 28.8 Å². The van der Waals surface area contributed by atoms with Crippen LogP contribution in [0.4, 0.5) is 0 Å². The van der Waals surface area contributed by atoms with Gasteiger partial charge < -0.3 is 4.42 Å². The molecule has 0 aliphatic heterocycles. The van der Waals surface area contributed by atoms with E-state index in [9.17, 15) is 9.00 Å². The first kappa shape index (κ1) is 11.6. The van der Waals surface area contributed by atoms with Crippen molar-refractivity contribution in [3.8, 4) is 0 Å². The van der Waals surface area contributed by atoms with E-state index in [1.54, 1.807) is 12.1 Å². The molecule has 1 atom stereocenters. The van der Waals surface area contributed by atoms with Crippen LogP contribution in [0, 0.1) is 0 Å². The van der Waals surface area contributed by atoms with E-state index in [-0.39, 0.29) is 0 Å². The molecule has 1 aromatic rings. The van der Waals surface area contributed by atoms with Crippen LogP contribution in [-0.4, -0.2) is 15.7 Å². The molecule has 0 amide bonds. The minimum atomic E-state index is -0.856. The van der Waals surface area contributed by atoms with Gasteiger partial charge in [0.25, 0.3) is 0 Å². The molecule has 2 rings (SSSR count). The van der Waals surface area contributed by atoms with E-state index in [1.807, 2.05) is 0 Å². The predicted octanol–water partition coefficient (Wildman–Crippen LogP) is 2.67. The maximum atomic E-state index is 12.0.